The van der Waals surface area contributed by atoms with Gasteiger partial charge in [-0.1, -0.05) is 19.3 Å². The number of rotatable bonds is 4. The van der Waals surface area contributed by atoms with Gasteiger partial charge in [0, 0.05) is 12.2 Å². The molecule has 1 aromatic rings. The van der Waals surface area contributed by atoms with Crippen LogP contribution in [0.15, 0.2) is 12.3 Å². The van der Waals surface area contributed by atoms with Gasteiger partial charge >= 0.3 is 0 Å². The van der Waals surface area contributed by atoms with E-state index in [0.717, 1.165) is 25.0 Å². The van der Waals surface area contributed by atoms with Gasteiger partial charge in [0.15, 0.2) is 0 Å². The first kappa shape index (κ1) is 14.1. The number of aromatic nitrogens is 2. The zero-order valence-electron chi connectivity index (χ0n) is 12.3. The minimum Gasteiger partial charge on any atom is -0.372 e. The maximum absolute atomic E-state index is 6.00. The molecule has 3 rings (SSSR count). The molecule has 2 fully saturated rings. The van der Waals surface area contributed by atoms with Crippen LogP contribution in [0, 0.1) is 0 Å². The molecule has 0 saturated heterocycles. The minimum atomic E-state index is 0.327. The summed E-state index contributed by atoms with van der Waals surface area (Å²) >= 11 is 0. The predicted molar refractivity (Wildman–Crippen MR) is 79.4 cm³/mol. The second-order valence-electron chi connectivity index (χ2n) is 6.44. The monoisotopic (exact) mass is 277 g/mol. The molecule has 0 amide bonds. The SMILES string of the molecule is NC1CCCC(OCc2ccn(C3CCCCC3)n2)C1. The Balaban J connectivity index is 1.49. The molecule has 2 unspecified atom stereocenters. The smallest absolute Gasteiger partial charge is 0.0910 e. The van der Waals surface area contributed by atoms with Crippen LogP contribution in [0.2, 0.25) is 0 Å². The molecule has 2 aliphatic rings. The van der Waals surface area contributed by atoms with Gasteiger partial charge in [-0.05, 0) is 44.6 Å². The molecular weight excluding hydrogens is 250 g/mol. The molecule has 0 spiro atoms. The van der Waals surface area contributed by atoms with Gasteiger partial charge in [0.1, 0.15) is 0 Å². The predicted octanol–water partition coefficient (Wildman–Crippen LogP) is 3.17. The second-order valence-corrected chi connectivity index (χ2v) is 6.44. The maximum atomic E-state index is 6.00. The van der Waals surface area contributed by atoms with Crippen molar-refractivity contribution >= 4 is 0 Å². The zero-order valence-corrected chi connectivity index (χ0v) is 12.3. The number of ether oxygens (including phenoxy) is 1. The van der Waals surface area contributed by atoms with Gasteiger partial charge in [-0.2, -0.15) is 5.10 Å². The normalized spacial score (nSPS) is 28.6. The Morgan fingerprint density at radius 2 is 2.00 bits per heavy atom. The number of hydrogen-bond acceptors (Lipinski definition) is 3. The molecule has 2 N–H and O–H groups in total. The summed E-state index contributed by atoms with van der Waals surface area (Å²) in [6, 6.07) is 3.05. The van der Waals surface area contributed by atoms with Crippen LogP contribution < -0.4 is 5.73 Å². The Hall–Kier alpha value is -0.870. The standard InChI is InChI=1S/C16H27N3O/c17-13-5-4-8-16(11-13)20-12-14-9-10-19(18-14)15-6-2-1-3-7-15/h9-10,13,15-16H,1-8,11-12,17H2. The molecule has 0 bridgehead atoms. The summed E-state index contributed by atoms with van der Waals surface area (Å²) < 4.78 is 8.14. The minimum absolute atomic E-state index is 0.327. The molecule has 4 nitrogen and oxygen atoms in total. The van der Waals surface area contributed by atoms with Crippen molar-refractivity contribution in [1.29, 1.82) is 0 Å². The number of hydrogen-bond donors (Lipinski definition) is 1. The fourth-order valence-corrected chi connectivity index (χ4v) is 3.54. The van der Waals surface area contributed by atoms with Crippen molar-refractivity contribution in [2.24, 2.45) is 5.73 Å². The molecule has 1 aromatic heterocycles. The molecular formula is C16H27N3O. The highest BCUT2D eigenvalue weighted by Crippen LogP contribution is 2.27. The van der Waals surface area contributed by atoms with Crippen LogP contribution >= 0.6 is 0 Å². The van der Waals surface area contributed by atoms with E-state index in [1.54, 1.807) is 0 Å². The van der Waals surface area contributed by atoms with Crippen LogP contribution in [0.5, 0.6) is 0 Å². The van der Waals surface area contributed by atoms with Gasteiger partial charge < -0.3 is 10.5 Å². The fraction of sp³-hybridized carbons (Fsp3) is 0.812. The van der Waals surface area contributed by atoms with Crippen LogP contribution in [-0.2, 0) is 11.3 Å². The Bertz CT molecular complexity index is 412. The first-order valence-electron chi connectivity index (χ1n) is 8.22. The second kappa shape index (κ2) is 6.72. The van der Waals surface area contributed by atoms with Crippen molar-refractivity contribution in [2.75, 3.05) is 0 Å². The summed E-state index contributed by atoms with van der Waals surface area (Å²) in [5.74, 6) is 0. The van der Waals surface area contributed by atoms with E-state index in [0.29, 0.717) is 24.8 Å². The summed E-state index contributed by atoms with van der Waals surface area (Å²) in [5.41, 5.74) is 7.06. The summed E-state index contributed by atoms with van der Waals surface area (Å²) in [7, 11) is 0. The quantitative estimate of drug-likeness (QED) is 0.919. The van der Waals surface area contributed by atoms with Crippen molar-refractivity contribution in [3.8, 4) is 0 Å². The maximum Gasteiger partial charge on any atom is 0.0910 e. The molecule has 0 radical (unpaired) electrons. The first-order chi connectivity index (χ1) is 9.81. The fourth-order valence-electron chi connectivity index (χ4n) is 3.54. The van der Waals surface area contributed by atoms with E-state index < -0.39 is 0 Å². The third-order valence-corrected chi connectivity index (χ3v) is 4.75. The van der Waals surface area contributed by atoms with Gasteiger partial charge in [-0.15, -0.1) is 0 Å². The summed E-state index contributed by atoms with van der Waals surface area (Å²) in [6.45, 7) is 0.636. The first-order valence-corrected chi connectivity index (χ1v) is 8.22. The van der Waals surface area contributed by atoms with E-state index >= 15 is 0 Å². The average molecular weight is 277 g/mol. The van der Waals surface area contributed by atoms with E-state index in [1.165, 1.54) is 38.5 Å². The van der Waals surface area contributed by atoms with E-state index in [4.69, 9.17) is 15.6 Å². The van der Waals surface area contributed by atoms with Crippen LogP contribution in [0.3, 0.4) is 0 Å². The third-order valence-electron chi connectivity index (χ3n) is 4.75. The van der Waals surface area contributed by atoms with Crippen molar-refractivity contribution in [3.63, 3.8) is 0 Å². The van der Waals surface area contributed by atoms with Crippen LogP contribution in [0.4, 0.5) is 0 Å². The van der Waals surface area contributed by atoms with Crippen molar-refractivity contribution in [3.05, 3.63) is 18.0 Å². The topological polar surface area (TPSA) is 53.1 Å². The van der Waals surface area contributed by atoms with E-state index in [9.17, 15) is 0 Å². The lowest BCUT2D eigenvalue weighted by atomic mass is 9.94. The molecule has 2 atom stereocenters. The van der Waals surface area contributed by atoms with Crippen molar-refractivity contribution in [1.82, 2.24) is 9.78 Å². The van der Waals surface area contributed by atoms with E-state index in [1.807, 2.05) is 0 Å². The lowest BCUT2D eigenvalue weighted by Crippen LogP contribution is -2.32. The van der Waals surface area contributed by atoms with Gasteiger partial charge in [0.2, 0.25) is 0 Å². The molecule has 0 aromatic carbocycles. The molecule has 0 aliphatic heterocycles. The van der Waals surface area contributed by atoms with E-state index in [-0.39, 0.29) is 0 Å². The summed E-state index contributed by atoms with van der Waals surface area (Å²) in [4.78, 5) is 0. The Kier molecular flexibility index (Phi) is 4.73. The highest BCUT2D eigenvalue weighted by atomic mass is 16.5. The van der Waals surface area contributed by atoms with Gasteiger partial charge in [0.25, 0.3) is 0 Å². The van der Waals surface area contributed by atoms with Crippen LogP contribution in [0.1, 0.15) is 69.5 Å². The molecule has 1 heterocycles. The Morgan fingerprint density at radius 1 is 1.15 bits per heavy atom. The Labute approximate surface area is 121 Å². The zero-order chi connectivity index (χ0) is 13.8. The van der Waals surface area contributed by atoms with Gasteiger partial charge in [0.05, 0.1) is 24.4 Å². The molecule has 4 heteroatoms. The lowest BCUT2D eigenvalue weighted by molar-refractivity contribution is 0.0104. The molecule has 112 valence electrons. The molecule has 20 heavy (non-hydrogen) atoms. The largest absolute Gasteiger partial charge is 0.372 e. The highest BCUT2D eigenvalue weighted by Gasteiger charge is 2.20. The Morgan fingerprint density at radius 3 is 2.80 bits per heavy atom. The van der Waals surface area contributed by atoms with Gasteiger partial charge in [-0.25, -0.2) is 0 Å². The van der Waals surface area contributed by atoms with Crippen molar-refractivity contribution < 1.29 is 4.74 Å². The highest BCUT2D eigenvalue weighted by molar-refractivity contribution is 4.98. The van der Waals surface area contributed by atoms with Crippen LogP contribution in [-0.4, -0.2) is 21.9 Å². The number of nitrogens with zero attached hydrogens (tertiary/aromatic N) is 2. The summed E-state index contributed by atoms with van der Waals surface area (Å²) in [6.07, 6.45) is 13.6. The lowest BCUT2D eigenvalue weighted by Gasteiger charge is -2.26. The van der Waals surface area contributed by atoms with Crippen molar-refractivity contribution in [2.45, 2.75) is 82.6 Å². The summed E-state index contributed by atoms with van der Waals surface area (Å²) in [5, 5.41) is 4.70. The van der Waals surface area contributed by atoms with Crippen LogP contribution in [0.25, 0.3) is 0 Å². The number of nitrogens with two attached hydrogens (primary N) is 1. The third kappa shape index (κ3) is 3.61. The molecule has 2 aliphatic carbocycles. The molecule has 2 saturated carbocycles. The van der Waals surface area contributed by atoms with E-state index in [2.05, 4.69) is 16.9 Å². The average Bonchev–Trinajstić information content (AvgIpc) is 2.95. The van der Waals surface area contributed by atoms with Gasteiger partial charge in [-0.3, -0.25) is 4.68 Å².